The average molecular weight is 468 g/mol. The van der Waals surface area contributed by atoms with E-state index in [1.165, 1.54) is 0 Å². The number of para-hydroxylation sites is 1. The van der Waals surface area contributed by atoms with Crippen LogP contribution in [0, 0.1) is 5.92 Å². The number of piperidine rings is 1. The summed E-state index contributed by atoms with van der Waals surface area (Å²) in [6.07, 6.45) is 2.01. The minimum atomic E-state index is -0.676. The summed E-state index contributed by atoms with van der Waals surface area (Å²) in [6, 6.07) is 13.2. The Morgan fingerprint density at radius 2 is 1.68 bits per heavy atom. The SMILES string of the molecule is CCCNC(=O)[C@H](NC(=O)c1ccc(OC)cc1)C1CCN(C(=O)c2ccccc2OC)CC1. The van der Waals surface area contributed by atoms with Crippen LogP contribution in [0.5, 0.6) is 11.5 Å². The third kappa shape index (κ3) is 6.07. The van der Waals surface area contributed by atoms with Crippen molar-refractivity contribution < 1.29 is 23.9 Å². The zero-order chi connectivity index (χ0) is 24.5. The zero-order valence-corrected chi connectivity index (χ0v) is 20.0. The van der Waals surface area contributed by atoms with Crippen LogP contribution in [0.1, 0.15) is 46.9 Å². The van der Waals surface area contributed by atoms with E-state index in [4.69, 9.17) is 9.47 Å². The summed E-state index contributed by atoms with van der Waals surface area (Å²) in [5.74, 6) is 0.509. The molecule has 0 unspecified atom stereocenters. The van der Waals surface area contributed by atoms with Gasteiger partial charge in [0.25, 0.3) is 11.8 Å². The Kier molecular flexibility index (Phi) is 8.90. The maximum Gasteiger partial charge on any atom is 0.257 e. The fourth-order valence-corrected chi connectivity index (χ4v) is 4.15. The van der Waals surface area contributed by atoms with Gasteiger partial charge in [-0.3, -0.25) is 14.4 Å². The van der Waals surface area contributed by atoms with Crippen LogP contribution < -0.4 is 20.1 Å². The van der Waals surface area contributed by atoms with Crippen molar-refractivity contribution in [3.63, 3.8) is 0 Å². The van der Waals surface area contributed by atoms with Gasteiger partial charge >= 0.3 is 0 Å². The van der Waals surface area contributed by atoms with Crippen LogP contribution in [-0.4, -0.2) is 62.5 Å². The van der Waals surface area contributed by atoms with Gasteiger partial charge in [0.2, 0.25) is 5.91 Å². The number of hydrogen-bond donors (Lipinski definition) is 2. The van der Waals surface area contributed by atoms with Crippen LogP contribution in [0.25, 0.3) is 0 Å². The maximum atomic E-state index is 13.0. The molecular formula is C26H33N3O5. The third-order valence-corrected chi connectivity index (χ3v) is 6.11. The van der Waals surface area contributed by atoms with Gasteiger partial charge in [0, 0.05) is 25.2 Å². The highest BCUT2D eigenvalue weighted by atomic mass is 16.5. The summed E-state index contributed by atoms with van der Waals surface area (Å²) < 4.78 is 10.5. The number of likely N-dealkylation sites (tertiary alicyclic amines) is 1. The molecule has 0 radical (unpaired) electrons. The van der Waals surface area contributed by atoms with Gasteiger partial charge in [-0.25, -0.2) is 0 Å². The summed E-state index contributed by atoms with van der Waals surface area (Å²) in [7, 11) is 3.11. The van der Waals surface area contributed by atoms with E-state index in [2.05, 4.69) is 10.6 Å². The number of carbonyl (C=O) groups is 3. The summed E-state index contributed by atoms with van der Waals surface area (Å²) >= 11 is 0. The lowest BCUT2D eigenvalue weighted by molar-refractivity contribution is -0.124. The number of hydrogen-bond acceptors (Lipinski definition) is 5. The highest BCUT2D eigenvalue weighted by Crippen LogP contribution is 2.26. The Morgan fingerprint density at radius 1 is 1.00 bits per heavy atom. The number of ether oxygens (including phenoxy) is 2. The molecular weight excluding hydrogens is 434 g/mol. The molecule has 3 amide bonds. The van der Waals surface area contributed by atoms with Crippen molar-refractivity contribution in [1.29, 1.82) is 0 Å². The number of benzene rings is 2. The maximum absolute atomic E-state index is 13.0. The molecule has 2 aromatic rings. The third-order valence-electron chi connectivity index (χ3n) is 6.11. The predicted molar refractivity (Wildman–Crippen MR) is 129 cm³/mol. The second-order valence-electron chi connectivity index (χ2n) is 8.30. The van der Waals surface area contributed by atoms with E-state index >= 15 is 0 Å². The number of nitrogens with one attached hydrogen (secondary N) is 2. The first kappa shape index (κ1) is 25.1. The number of rotatable bonds is 9. The number of amides is 3. The van der Waals surface area contributed by atoms with Gasteiger partial charge in [-0.2, -0.15) is 0 Å². The molecule has 1 aliphatic rings. The first-order valence-electron chi connectivity index (χ1n) is 11.6. The predicted octanol–water partition coefficient (Wildman–Crippen LogP) is 2.88. The van der Waals surface area contributed by atoms with Crippen LogP contribution in [0.15, 0.2) is 48.5 Å². The quantitative estimate of drug-likeness (QED) is 0.591. The van der Waals surface area contributed by atoms with Gasteiger partial charge in [-0.15, -0.1) is 0 Å². The smallest absolute Gasteiger partial charge is 0.257 e. The summed E-state index contributed by atoms with van der Waals surface area (Å²) in [5.41, 5.74) is 0.978. The van der Waals surface area contributed by atoms with Crippen LogP contribution in [0.4, 0.5) is 0 Å². The lowest BCUT2D eigenvalue weighted by atomic mass is 9.88. The number of nitrogens with zero attached hydrogens (tertiary/aromatic N) is 1. The van der Waals surface area contributed by atoms with E-state index in [1.54, 1.807) is 55.5 Å². The van der Waals surface area contributed by atoms with Crippen LogP contribution in [0.3, 0.4) is 0 Å². The molecule has 34 heavy (non-hydrogen) atoms. The van der Waals surface area contributed by atoms with Crippen molar-refractivity contribution >= 4 is 17.7 Å². The standard InChI is InChI=1S/C26H33N3O5/c1-4-15-27-25(31)23(28-24(30)19-9-11-20(33-2)12-10-19)18-13-16-29(17-14-18)26(32)21-7-5-6-8-22(21)34-3/h5-12,18,23H,4,13-17H2,1-3H3,(H,27,31)(H,28,30)/t23-/m1/s1. The van der Waals surface area contributed by atoms with E-state index in [0.29, 0.717) is 55.1 Å². The molecule has 0 aromatic heterocycles. The monoisotopic (exact) mass is 467 g/mol. The molecule has 1 fully saturated rings. The Bertz CT molecular complexity index is 984. The van der Waals surface area contributed by atoms with E-state index in [1.807, 2.05) is 19.1 Å². The normalized spacial score (nSPS) is 14.7. The minimum absolute atomic E-state index is 0.0826. The lowest BCUT2D eigenvalue weighted by Gasteiger charge is -2.36. The Labute approximate surface area is 200 Å². The average Bonchev–Trinajstić information content (AvgIpc) is 2.89. The van der Waals surface area contributed by atoms with Crippen molar-refractivity contribution in [2.24, 2.45) is 5.92 Å². The van der Waals surface area contributed by atoms with Crippen LogP contribution in [-0.2, 0) is 4.79 Å². The first-order chi connectivity index (χ1) is 16.5. The summed E-state index contributed by atoms with van der Waals surface area (Å²) in [4.78, 5) is 40.7. The fourth-order valence-electron chi connectivity index (χ4n) is 4.15. The number of carbonyl (C=O) groups excluding carboxylic acids is 3. The summed E-state index contributed by atoms with van der Waals surface area (Å²) in [6.45, 7) is 3.51. The molecule has 182 valence electrons. The van der Waals surface area contributed by atoms with Crippen molar-refractivity contribution in [3.8, 4) is 11.5 Å². The van der Waals surface area contributed by atoms with Gasteiger partial charge in [0.05, 0.1) is 19.8 Å². The molecule has 1 atom stereocenters. The van der Waals surface area contributed by atoms with E-state index in [0.717, 1.165) is 6.42 Å². The largest absolute Gasteiger partial charge is 0.497 e. The second kappa shape index (κ2) is 12.1. The number of methoxy groups -OCH3 is 2. The summed E-state index contributed by atoms with van der Waals surface area (Å²) in [5, 5.41) is 5.84. The van der Waals surface area contributed by atoms with Crippen molar-refractivity contribution in [2.45, 2.75) is 32.2 Å². The van der Waals surface area contributed by atoms with E-state index < -0.39 is 6.04 Å². The molecule has 3 rings (SSSR count). The van der Waals surface area contributed by atoms with Gasteiger partial charge in [-0.1, -0.05) is 19.1 Å². The molecule has 1 heterocycles. The molecule has 0 saturated carbocycles. The van der Waals surface area contributed by atoms with Crippen molar-refractivity contribution in [2.75, 3.05) is 33.9 Å². The van der Waals surface area contributed by atoms with Crippen molar-refractivity contribution in [1.82, 2.24) is 15.5 Å². The van der Waals surface area contributed by atoms with Gasteiger partial charge in [0.15, 0.2) is 0 Å². The van der Waals surface area contributed by atoms with Crippen LogP contribution in [0.2, 0.25) is 0 Å². The molecule has 1 aliphatic heterocycles. The molecule has 2 aromatic carbocycles. The minimum Gasteiger partial charge on any atom is -0.497 e. The molecule has 0 bridgehead atoms. The molecule has 2 N–H and O–H groups in total. The second-order valence-corrected chi connectivity index (χ2v) is 8.30. The lowest BCUT2D eigenvalue weighted by Crippen LogP contribution is -2.54. The molecule has 8 nitrogen and oxygen atoms in total. The molecule has 8 heteroatoms. The molecule has 1 saturated heterocycles. The van der Waals surface area contributed by atoms with Gasteiger partial charge < -0.3 is 25.0 Å². The van der Waals surface area contributed by atoms with Gasteiger partial charge in [-0.05, 0) is 61.6 Å². The molecule has 0 aliphatic carbocycles. The first-order valence-corrected chi connectivity index (χ1v) is 11.6. The fraction of sp³-hybridized carbons (Fsp3) is 0.423. The Balaban J connectivity index is 1.69. The Hall–Kier alpha value is -3.55. The highest BCUT2D eigenvalue weighted by molar-refractivity contribution is 5.98. The van der Waals surface area contributed by atoms with Crippen LogP contribution >= 0.6 is 0 Å². The topological polar surface area (TPSA) is 97.0 Å². The molecule has 0 spiro atoms. The zero-order valence-electron chi connectivity index (χ0n) is 20.0. The van der Waals surface area contributed by atoms with Gasteiger partial charge in [0.1, 0.15) is 17.5 Å². The van der Waals surface area contributed by atoms with Crippen molar-refractivity contribution in [3.05, 3.63) is 59.7 Å². The van der Waals surface area contributed by atoms with E-state index in [9.17, 15) is 14.4 Å². The highest BCUT2D eigenvalue weighted by Gasteiger charge is 2.34. The Morgan fingerprint density at radius 3 is 2.29 bits per heavy atom. The van der Waals surface area contributed by atoms with E-state index in [-0.39, 0.29) is 23.6 Å².